The molecule has 2 unspecified atom stereocenters. The van der Waals surface area contributed by atoms with Crippen LogP contribution in [0, 0.1) is 16.7 Å². The van der Waals surface area contributed by atoms with Crippen molar-refractivity contribution in [1.82, 2.24) is 10.6 Å². The van der Waals surface area contributed by atoms with Gasteiger partial charge in [0, 0.05) is 41.7 Å². The summed E-state index contributed by atoms with van der Waals surface area (Å²) in [5, 5.41) is 31.9. The maximum Gasteiger partial charge on any atom is 1.00 e. The van der Waals surface area contributed by atoms with Crippen molar-refractivity contribution < 1.29 is 160 Å². The maximum atomic E-state index is 13.8. The van der Waals surface area contributed by atoms with E-state index < -0.39 is 123 Å². The first-order chi connectivity index (χ1) is 46.0. The van der Waals surface area contributed by atoms with E-state index in [1.54, 1.807) is 14.2 Å². The standard InChI is InChI=1S/C29H47Cl6N2O11P.C27H47Cl3NO11P.C2Cl3N.K.H2O/c1-6-9-10-11-12-13-20(41-5)14-17-42-24-22(37-27(38)43-19-28(30,31)32)25(47-26(36)29(33,34)35)46-21(18-40-4)23(24)48-49(39,44-15-7-2)45-16-8-3;1-6-9-10-11-12-13-20(36-5)14-17-37-24-22(31-26(33)38-19-27(28,29)30)25(32)41-21(18-35-4)23(24)42-43(34,39-15-7-2)40-16-8-3;3-2(4,5)1-6;;/h7-8,20-25,36H,2-3,6,9-19H2,1,4-5H3,(H,37,38);7-8,20-25,32H,2-3,6,9-19H2,1,4-5H3,(H,31,33);;;1H2/q;;;+1;/p-1/t2*20-,21-,22-,23-,24-,25?;;;/m11.../s1. The second kappa shape index (κ2) is 58.3. The monoisotopic (exact) mass is 1740 g/mol. The van der Waals surface area contributed by atoms with Gasteiger partial charge in [-0.15, -0.1) is 26.3 Å². The van der Waals surface area contributed by atoms with Gasteiger partial charge in [0.25, 0.3) is 7.59 Å². The van der Waals surface area contributed by atoms with Crippen molar-refractivity contribution in [3.05, 3.63) is 50.6 Å². The molecule has 0 spiro atoms. The average molecular weight is 1740 g/mol. The Morgan fingerprint density at radius 1 is 0.590 bits per heavy atom. The first-order valence-electron chi connectivity index (χ1n) is 30.7. The van der Waals surface area contributed by atoms with Crippen molar-refractivity contribution >= 4 is 173 Å². The van der Waals surface area contributed by atoms with Crippen LogP contribution in [0.15, 0.2) is 50.6 Å². The molecular weight excluding hydrogens is 1650 g/mol. The van der Waals surface area contributed by atoms with E-state index in [1.807, 2.05) is 0 Å². The molecule has 580 valence electrons. The molecule has 2 aliphatic rings. The number of halogens is 12. The number of nitrogens with one attached hydrogen (secondary N) is 3. The molecule has 0 aliphatic carbocycles. The Kier molecular flexibility index (Phi) is 61.6. The predicted molar refractivity (Wildman–Crippen MR) is 384 cm³/mol. The topological polar surface area (TPSA) is 347 Å². The van der Waals surface area contributed by atoms with E-state index in [0.29, 0.717) is 12.8 Å². The van der Waals surface area contributed by atoms with Crippen LogP contribution in [0.1, 0.15) is 104 Å². The summed E-state index contributed by atoms with van der Waals surface area (Å²) in [6.45, 7) is 16.5. The molecule has 2 saturated heterocycles. The van der Waals surface area contributed by atoms with Crippen LogP contribution in [0.25, 0.3) is 0 Å². The summed E-state index contributed by atoms with van der Waals surface area (Å²) in [6, 6.07) is -1.29. The van der Waals surface area contributed by atoms with Crippen molar-refractivity contribution in [3.63, 3.8) is 0 Å². The number of aliphatic hydroxyl groups is 1. The van der Waals surface area contributed by atoms with Gasteiger partial charge in [0.05, 0.1) is 51.8 Å². The van der Waals surface area contributed by atoms with Crippen LogP contribution in [0.3, 0.4) is 0 Å². The minimum Gasteiger partial charge on any atom is -0.870 e. The molecular formula is C58H95Cl12KN4O23P2. The largest absolute Gasteiger partial charge is 1.00 e. The number of ether oxygens (including phenoxy) is 11. The first kappa shape index (κ1) is 106. The summed E-state index contributed by atoms with van der Waals surface area (Å²) in [5.41, 5.74) is 0. The Morgan fingerprint density at radius 3 is 1.26 bits per heavy atom. The summed E-state index contributed by atoms with van der Waals surface area (Å²) in [6.07, 6.45) is 6.12. The molecule has 0 aromatic heterocycles. The van der Waals surface area contributed by atoms with Gasteiger partial charge in [0.1, 0.15) is 68.0 Å². The van der Waals surface area contributed by atoms with E-state index in [2.05, 4.69) is 50.8 Å². The fourth-order valence-electron chi connectivity index (χ4n) is 8.76. The van der Waals surface area contributed by atoms with Gasteiger partial charge in [-0.2, -0.15) is 5.26 Å². The number of nitriles is 1. The van der Waals surface area contributed by atoms with Crippen molar-refractivity contribution in [1.29, 1.82) is 10.7 Å². The van der Waals surface area contributed by atoms with E-state index >= 15 is 0 Å². The van der Waals surface area contributed by atoms with Crippen molar-refractivity contribution in [2.24, 2.45) is 0 Å². The van der Waals surface area contributed by atoms with Crippen molar-refractivity contribution in [3.8, 4) is 6.07 Å². The number of rotatable bonds is 47. The summed E-state index contributed by atoms with van der Waals surface area (Å²) in [7, 11) is -2.65. The molecule has 2 heterocycles. The number of carbonyl (C=O) groups excluding carboxylic acids is 2. The third-order valence-electron chi connectivity index (χ3n) is 13.2. The van der Waals surface area contributed by atoms with Crippen molar-refractivity contribution in [2.45, 2.75) is 192 Å². The molecule has 42 heteroatoms. The summed E-state index contributed by atoms with van der Waals surface area (Å²) >= 11 is 66.7. The maximum absolute atomic E-state index is 13.8. The third kappa shape index (κ3) is 48.8. The van der Waals surface area contributed by atoms with Gasteiger partial charge in [0.2, 0.25) is 19.8 Å². The van der Waals surface area contributed by atoms with Crippen LogP contribution >= 0.6 is 155 Å². The number of unbranched alkanes of at least 4 members (excludes halogenated alkanes) is 8. The molecule has 100 heavy (non-hydrogen) atoms. The zero-order valence-corrected chi connectivity index (χ0v) is 70.9. The normalized spacial score (nSPS) is 21.6. The van der Waals surface area contributed by atoms with E-state index in [1.165, 1.54) is 51.0 Å². The molecule has 2 amide bonds. The van der Waals surface area contributed by atoms with Gasteiger partial charge >= 0.3 is 79.2 Å². The molecule has 27 nitrogen and oxygen atoms in total. The number of alkyl halides is 12. The molecule has 0 bridgehead atoms. The SMILES string of the molecule is C=CCOP(=O)(OCC=C)O[C@H]1[C@H](OCC[C@@H](CCCCCCC)OC)[C@@H](NC(=O)OCC(Cl)(Cl)Cl)C(O)O[C@@H]1COC.C=CCOP(=O)(OCC=C)O[C@H]1[C@H](OCC[C@@H](CCCCCCC)OC)[C@@H](NC(=O)OCC(Cl)(Cl)Cl)C(OC(=N)C(Cl)(Cl)Cl)O[C@@H]1COC.N#CC(Cl)(Cl)Cl.[K+].[OH-]. The average Bonchev–Trinajstić information content (AvgIpc) is 0.784. The van der Waals surface area contributed by atoms with E-state index in [4.69, 9.17) is 229 Å². The predicted octanol–water partition coefficient (Wildman–Crippen LogP) is 12.8. The second-order valence-corrected chi connectivity index (χ2v) is 33.9. The molecule has 2 fully saturated rings. The number of amides is 2. The molecule has 0 aromatic carbocycles. The fraction of sp³-hybridized carbons (Fsp3) is 0.793. The van der Waals surface area contributed by atoms with E-state index in [-0.39, 0.29) is 122 Å². The Labute approximate surface area is 690 Å². The molecule has 0 aromatic rings. The van der Waals surface area contributed by atoms with Gasteiger partial charge in [0.15, 0.2) is 6.29 Å². The number of phosphoric ester groups is 2. The Bertz CT molecular complexity index is 2380. The zero-order chi connectivity index (χ0) is 74.6. The molecule has 0 radical (unpaired) electrons. The van der Waals surface area contributed by atoms with Gasteiger partial charge in [-0.3, -0.25) is 32.6 Å². The number of phosphoric acid groups is 2. The molecule has 5 N–H and O–H groups in total. The zero-order valence-electron chi connectivity index (χ0n) is 56.9. The van der Waals surface area contributed by atoms with E-state index in [0.717, 1.165) is 70.6 Å². The summed E-state index contributed by atoms with van der Waals surface area (Å²) in [5.74, 6) is -0.852. The van der Waals surface area contributed by atoms with Crippen LogP contribution in [0.4, 0.5) is 9.59 Å². The summed E-state index contributed by atoms with van der Waals surface area (Å²) in [4.78, 5) is 25.6. The minimum atomic E-state index is -4.40. The Morgan fingerprint density at radius 2 is 0.940 bits per heavy atom. The van der Waals surface area contributed by atoms with Gasteiger partial charge in [-0.1, -0.05) is 242 Å². The number of carbonyl (C=O) groups is 2. The van der Waals surface area contributed by atoms with Crippen molar-refractivity contribution in [2.75, 3.05) is 94.5 Å². The summed E-state index contributed by atoms with van der Waals surface area (Å²) < 4.78 is 115. The van der Waals surface area contributed by atoms with Crippen LogP contribution in [-0.2, 0) is 88.4 Å². The quantitative estimate of drug-likeness (QED) is 0.00836. The molecule has 2 aliphatic heterocycles. The van der Waals surface area contributed by atoms with Crippen LogP contribution in [0.5, 0.6) is 0 Å². The van der Waals surface area contributed by atoms with Gasteiger partial charge < -0.3 is 73.3 Å². The minimum absolute atomic E-state index is 0. The Balaban J connectivity index is -0.00000172. The number of aliphatic hydroxyl groups excluding tert-OH is 1. The fourth-order valence-corrected chi connectivity index (χ4v) is 11.9. The molecule has 2 rings (SSSR count). The van der Waals surface area contributed by atoms with E-state index in [9.17, 15) is 23.8 Å². The Hall–Kier alpha value is 1.40. The van der Waals surface area contributed by atoms with Crippen LogP contribution in [0.2, 0.25) is 0 Å². The first-order valence-corrected chi connectivity index (χ1v) is 38.1. The molecule has 12 atom stereocenters. The van der Waals surface area contributed by atoms with Crippen LogP contribution in [-0.4, -0.2) is 212 Å². The number of alkyl carbamates (subject to hydrolysis) is 2. The smallest absolute Gasteiger partial charge is 0.870 e. The number of hydrogen-bond donors (Lipinski definition) is 4. The number of methoxy groups -OCH3 is 4. The molecule has 0 saturated carbocycles. The van der Waals surface area contributed by atoms with Crippen LogP contribution < -0.4 is 62.0 Å². The second-order valence-electron chi connectivity index (χ2n) is 21.0. The third-order valence-corrected chi connectivity index (χ3v) is 17.5. The van der Waals surface area contributed by atoms with Gasteiger partial charge in [-0.05, 0) is 25.7 Å². The van der Waals surface area contributed by atoms with Gasteiger partial charge in [-0.25, -0.2) is 18.7 Å². The number of hydrogen-bond acceptors (Lipinski definition) is 25. The number of nitrogens with zero attached hydrogens (tertiary/aromatic N) is 1.